The van der Waals surface area contributed by atoms with Crippen LogP contribution in [0.2, 0.25) is 0 Å². The zero-order valence-corrected chi connectivity index (χ0v) is 22.4. The first kappa shape index (κ1) is 29.1. The molecule has 3 rings (SSSR count). The molecule has 4 atom stereocenters. The van der Waals surface area contributed by atoms with Crippen molar-refractivity contribution in [3.8, 4) is 0 Å². The zero-order valence-electron chi connectivity index (χ0n) is 21.5. The van der Waals surface area contributed by atoms with Gasteiger partial charge in [-0.15, -0.1) is 0 Å². The van der Waals surface area contributed by atoms with Gasteiger partial charge in [-0.2, -0.15) is 10.2 Å². The number of carbonyl (C=O) groups excluding carboxylic acids is 1. The van der Waals surface area contributed by atoms with Gasteiger partial charge in [0, 0.05) is 31.8 Å². The van der Waals surface area contributed by atoms with Crippen molar-refractivity contribution in [2.75, 3.05) is 19.6 Å². The molecule has 37 heavy (non-hydrogen) atoms. The second-order valence-corrected chi connectivity index (χ2v) is 11.3. The van der Waals surface area contributed by atoms with Crippen LogP contribution in [0.5, 0.6) is 0 Å². The van der Waals surface area contributed by atoms with Crippen molar-refractivity contribution in [1.82, 2.24) is 26.2 Å². The summed E-state index contributed by atoms with van der Waals surface area (Å²) in [5, 5.41) is 18.7. The maximum Gasteiger partial charge on any atom is 0.323 e. The summed E-state index contributed by atoms with van der Waals surface area (Å²) in [6.45, 7) is 6.50. The maximum absolute atomic E-state index is 12.9. The molecule has 2 aliphatic rings. The predicted octanol–water partition coefficient (Wildman–Crippen LogP) is 0.229. The summed E-state index contributed by atoms with van der Waals surface area (Å²) in [5.74, 6) is -1.77. The monoisotopic (exact) mass is 538 g/mol. The van der Waals surface area contributed by atoms with E-state index in [0.717, 1.165) is 37.9 Å². The molecule has 1 aromatic rings. The lowest BCUT2D eigenvalue weighted by Gasteiger charge is -2.19. The van der Waals surface area contributed by atoms with Crippen molar-refractivity contribution in [3.63, 3.8) is 0 Å². The van der Waals surface area contributed by atoms with Crippen LogP contribution in [-0.2, 0) is 24.4 Å². The largest absolute Gasteiger partial charge is 0.480 e. The van der Waals surface area contributed by atoms with Gasteiger partial charge in [0.05, 0.1) is 11.0 Å². The highest BCUT2D eigenvalue weighted by atomic mass is 32.2. The molecule has 1 amide bonds. The van der Waals surface area contributed by atoms with E-state index in [1.165, 1.54) is 0 Å². The number of carboxylic acids is 1. The summed E-state index contributed by atoms with van der Waals surface area (Å²) in [5.41, 5.74) is 4.82. The Kier molecular flexibility index (Phi) is 10.6. The SMILES string of the molecule is Cc1cc(C)c(S(=O)(=O)NC(CNC(=O)CC2CC(CCCNC3N=CCCN3)ON2)C(=O)O)c(C)c1. The molecule has 4 unspecified atom stereocenters. The van der Waals surface area contributed by atoms with Crippen LogP contribution in [0.25, 0.3) is 0 Å². The lowest BCUT2D eigenvalue weighted by molar-refractivity contribution is -0.138. The van der Waals surface area contributed by atoms with Crippen LogP contribution in [0.3, 0.4) is 0 Å². The van der Waals surface area contributed by atoms with Crippen LogP contribution < -0.4 is 26.2 Å². The first-order chi connectivity index (χ1) is 17.5. The number of nitrogens with zero attached hydrogens (tertiary/aromatic N) is 1. The lowest BCUT2D eigenvalue weighted by atomic mass is 10.0. The normalized spacial score (nSPS) is 22.6. The molecule has 0 radical (unpaired) electrons. The molecule has 2 aliphatic heterocycles. The van der Waals surface area contributed by atoms with Gasteiger partial charge in [-0.05, 0) is 64.1 Å². The van der Waals surface area contributed by atoms with Gasteiger partial charge < -0.3 is 10.4 Å². The Balaban J connectivity index is 1.42. The molecule has 0 saturated carbocycles. The number of hydroxylamine groups is 1. The Morgan fingerprint density at radius 3 is 2.62 bits per heavy atom. The van der Waals surface area contributed by atoms with Gasteiger partial charge >= 0.3 is 5.97 Å². The maximum atomic E-state index is 12.9. The van der Waals surface area contributed by atoms with E-state index in [0.29, 0.717) is 17.5 Å². The van der Waals surface area contributed by atoms with Gasteiger partial charge in [0.15, 0.2) is 6.29 Å². The Morgan fingerprint density at radius 2 is 1.97 bits per heavy atom. The van der Waals surface area contributed by atoms with E-state index in [4.69, 9.17) is 4.84 Å². The third kappa shape index (κ3) is 8.83. The summed E-state index contributed by atoms with van der Waals surface area (Å²) in [6, 6.07) is 1.73. The molecule has 6 N–H and O–H groups in total. The number of amides is 1. The predicted molar refractivity (Wildman–Crippen MR) is 139 cm³/mol. The van der Waals surface area contributed by atoms with Crippen LogP contribution in [0, 0.1) is 20.8 Å². The fourth-order valence-corrected chi connectivity index (χ4v) is 6.29. The molecule has 1 fully saturated rings. The van der Waals surface area contributed by atoms with Crippen LogP contribution >= 0.6 is 0 Å². The molecule has 13 heteroatoms. The van der Waals surface area contributed by atoms with E-state index in [9.17, 15) is 23.1 Å². The standard InChI is InChI=1S/C24H38N6O6S/c1-15-10-16(2)22(17(3)11-15)37(34,35)30-20(23(32)33)14-28-21(31)13-18-12-19(36-29-18)6-4-7-25-24-26-8-5-9-27-24/h8,10-11,18-20,24-25,27,29-30H,4-7,9,12-14H2,1-3H3,(H,28,31)(H,32,33). The van der Waals surface area contributed by atoms with Gasteiger partial charge in [0.25, 0.3) is 0 Å². The van der Waals surface area contributed by atoms with E-state index >= 15 is 0 Å². The number of sulfonamides is 1. The fourth-order valence-electron chi connectivity index (χ4n) is 4.65. The number of aliphatic carboxylic acids is 1. The summed E-state index contributed by atoms with van der Waals surface area (Å²) in [7, 11) is -4.11. The molecule has 0 aliphatic carbocycles. The van der Waals surface area contributed by atoms with E-state index in [1.54, 1.807) is 26.0 Å². The Hall–Kier alpha value is -2.42. The smallest absolute Gasteiger partial charge is 0.323 e. The quantitative estimate of drug-likeness (QED) is 0.192. The van der Waals surface area contributed by atoms with Crippen LogP contribution in [-0.4, -0.2) is 75.7 Å². The Bertz CT molecular complexity index is 1070. The van der Waals surface area contributed by atoms with Crippen molar-refractivity contribution < 1.29 is 28.0 Å². The van der Waals surface area contributed by atoms with Crippen LogP contribution in [0.1, 0.15) is 48.8 Å². The Labute approximate surface area is 218 Å². The average molecular weight is 539 g/mol. The third-order valence-corrected chi connectivity index (χ3v) is 8.04. The number of aryl methyl sites for hydroxylation is 3. The lowest BCUT2D eigenvalue weighted by Crippen LogP contribution is -2.49. The first-order valence-electron chi connectivity index (χ1n) is 12.5. The number of rotatable bonds is 13. The van der Waals surface area contributed by atoms with Gasteiger partial charge in [0.2, 0.25) is 15.9 Å². The van der Waals surface area contributed by atoms with Crippen LogP contribution in [0.4, 0.5) is 0 Å². The number of carboxylic acid groups (broad SMARTS) is 1. The van der Waals surface area contributed by atoms with Gasteiger partial charge in [-0.25, -0.2) is 8.42 Å². The van der Waals surface area contributed by atoms with Crippen molar-refractivity contribution in [3.05, 3.63) is 28.8 Å². The molecule has 206 valence electrons. The molecule has 1 saturated heterocycles. The minimum Gasteiger partial charge on any atom is -0.480 e. The van der Waals surface area contributed by atoms with Crippen LogP contribution in [0.15, 0.2) is 22.0 Å². The molecular formula is C24H38N6O6S. The topological polar surface area (TPSA) is 170 Å². The average Bonchev–Trinajstić information content (AvgIpc) is 3.26. The van der Waals surface area contributed by atoms with Crippen molar-refractivity contribution >= 4 is 28.1 Å². The van der Waals surface area contributed by atoms with Gasteiger partial charge in [-0.3, -0.25) is 30.1 Å². The summed E-state index contributed by atoms with van der Waals surface area (Å²) >= 11 is 0. The fraction of sp³-hybridized carbons (Fsp3) is 0.625. The van der Waals surface area contributed by atoms with E-state index in [-0.39, 0.29) is 36.3 Å². The summed E-state index contributed by atoms with van der Waals surface area (Å²) in [6.07, 6.45) is 5.22. The summed E-state index contributed by atoms with van der Waals surface area (Å²) < 4.78 is 28.1. The van der Waals surface area contributed by atoms with E-state index < -0.39 is 27.9 Å². The van der Waals surface area contributed by atoms with E-state index in [2.05, 4.69) is 31.1 Å². The molecule has 2 heterocycles. The second-order valence-electron chi connectivity index (χ2n) is 9.61. The van der Waals surface area contributed by atoms with Gasteiger partial charge in [-0.1, -0.05) is 17.7 Å². The number of carbonyl (C=O) groups is 2. The highest BCUT2D eigenvalue weighted by molar-refractivity contribution is 7.89. The second kappa shape index (κ2) is 13.4. The first-order valence-corrected chi connectivity index (χ1v) is 14.0. The number of nitrogens with one attached hydrogen (secondary N) is 5. The minimum atomic E-state index is -4.11. The molecule has 0 spiro atoms. The number of benzene rings is 1. The third-order valence-electron chi connectivity index (χ3n) is 6.26. The van der Waals surface area contributed by atoms with Crippen molar-refractivity contribution in [2.45, 2.75) is 82.2 Å². The Morgan fingerprint density at radius 1 is 1.24 bits per heavy atom. The molecule has 0 bridgehead atoms. The zero-order chi connectivity index (χ0) is 27.0. The molecule has 12 nitrogen and oxygen atoms in total. The highest BCUT2D eigenvalue weighted by Gasteiger charge is 2.30. The number of hydrogen-bond donors (Lipinski definition) is 6. The minimum absolute atomic E-state index is 0.0259. The highest BCUT2D eigenvalue weighted by Crippen LogP contribution is 2.22. The number of hydrogen-bond acceptors (Lipinski definition) is 9. The molecule has 1 aromatic carbocycles. The van der Waals surface area contributed by atoms with Crippen molar-refractivity contribution in [2.24, 2.45) is 4.99 Å². The number of aliphatic imine (C=N–C) groups is 1. The van der Waals surface area contributed by atoms with Crippen molar-refractivity contribution in [1.29, 1.82) is 0 Å². The summed E-state index contributed by atoms with van der Waals surface area (Å²) in [4.78, 5) is 34.1. The molecular weight excluding hydrogens is 500 g/mol. The van der Waals surface area contributed by atoms with Gasteiger partial charge in [0.1, 0.15) is 6.04 Å². The van der Waals surface area contributed by atoms with E-state index in [1.807, 2.05) is 13.1 Å². The molecule has 0 aromatic heterocycles.